The van der Waals surface area contributed by atoms with Crippen molar-refractivity contribution < 1.29 is 8.78 Å². The maximum absolute atomic E-state index is 14.6. The van der Waals surface area contributed by atoms with Gasteiger partial charge < -0.3 is 10.6 Å². The summed E-state index contributed by atoms with van der Waals surface area (Å²) < 4.78 is 29.4. The molecular weight excluding hydrogens is 374 g/mol. The Bertz CT molecular complexity index is 1200. The Morgan fingerprint density at radius 3 is 2.34 bits per heavy atom. The zero-order chi connectivity index (χ0) is 20.0. The molecule has 2 aromatic carbocycles. The van der Waals surface area contributed by atoms with E-state index in [2.05, 4.69) is 20.0 Å². The van der Waals surface area contributed by atoms with Crippen molar-refractivity contribution in [2.45, 2.75) is 12.8 Å². The quantitative estimate of drug-likeness (QED) is 0.572. The highest BCUT2D eigenvalue weighted by atomic mass is 19.1. The van der Waals surface area contributed by atoms with Crippen molar-refractivity contribution in [3.8, 4) is 16.9 Å². The first-order chi connectivity index (χ1) is 14.1. The molecule has 4 aromatic rings. The van der Waals surface area contributed by atoms with Gasteiger partial charge in [0.1, 0.15) is 17.5 Å². The van der Waals surface area contributed by atoms with Crippen LogP contribution < -0.4 is 10.6 Å². The third-order valence-corrected chi connectivity index (χ3v) is 5.15. The predicted octanol–water partition coefficient (Wildman–Crippen LogP) is 3.94. The maximum atomic E-state index is 14.6. The first-order valence-corrected chi connectivity index (χ1v) is 9.44. The van der Waals surface area contributed by atoms with Crippen LogP contribution in [0.5, 0.6) is 0 Å². The molecule has 1 aliphatic rings. The Labute approximate surface area is 165 Å². The van der Waals surface area contributed by atoms with Gasteiger partial charge in [0, 0.05) is 18.7 Å². The highest BCUT2D eigenvalue weighted by Gasteiger charge is 2.24. The van der Waals surface area contributed by atoms with E-state index < -0.39 is 5.82 Å². The fraction of sp³-hybridized carbons (Fsp3) is 0.190. The van der Waals surface area contributed by atoms with Crippen molar-refractivity contribution in [2.24, 2.45) is 0 Å². The summed E-state index contributed by atoms with van der Waals surface area (Å²) in [6, 6.07) is 12.3. The second kappa shape index (κ2) is 6.80. The second-order valence-corrected chi connectivity index (χ2v) is 7.02. The number of fused-ring (bicyclic) bond motifs is 1. The van der Waals surface area contributed by atoms with Gasteiger partial charge in [0.15, 0.2) is 5.65 Å². The molecule has 1 fully saturated rings. The molecule has 0 saturated carbocycles. The van der Waals surface area contributed by atoms with E-state index in [4.69, 9.17) is 5.73 Å². The van der Waals surface area contributed by atoms with Gasteiger partial charge in [-0.3, -0.25) is 0 Å². The third-order valence-electron chi connectivity index (χ3n) is 5.15. The van der Waals surface area contributed by atoms with Crippen LogP contribution in [0.4, 0.5) is 20.5 Å². The van der Waals surface area contributed by atoms with Crippen LogP contribution in [0.1, 0.15) is 12.8 Å². The number of hydrogen-bond acceptors (Lipinski definition) is 5. The molecular formula is C21H18F2N6. The smallest absolute Gasteiger partial charge is 0.228 e. The van der Waals surface area contributed by atoms with E-state index in [0.29, 0.717) is 33.9 Å². The lowest BCUT2D eigenvalue weighted by atomic mass is 10.1. The van der Waals surface area contributed by atoms with Crippen molar-refractivity contribution in [3.63, 3.8) is 0 Å². The Hall–Kier alpha value is -3.55. The molecule has 0 spiro atoms. The van der Waals surface area contributed by atoms with Crippen LogP contribution in [0.3, 0.4) is 0 Å². The van der Waals surface area contributed by atoms with Crippen molar-refractivity contribution in [1.29, 1.82) is 0 Å². The van der Waals surface area contributed by atoms with Gasteiger partial charge in [0.05, 0.1) is 16.8 Å². The summed E-state index contributed by atoms with van der Waals surface area (Å²) in [5.74, 6) is 0.0378. The largest absolute Gasteiger partial charge is 0.383 e. The van der Waals surface area contributed by atoms with Crippen LogP contribution in [0.25, 0.3) is 28.0 Å². The molecule has 0 aliphatic carbocycles. The molecule has 0 atom stereocenters. The minimum atomic E-state index is -0.395. The number of benzene rings is 2. The van der Waals surface area contributed by atoms with E-state index in [9.17, 15) is 8.78 Å². The van der Waals surface area contributed by atoms with E-state index in [1.54, 1.807) is 30.3 Å². The summed E-state index contributed by atoms with van der Waals surface area (Å²) in [5, 5.41) is 5.00. The number of aromatic nitrogens is 4. The van der Waals surface area contributed by atoms with E-state index in [0.717, 1.165) is 25.9 Å². The summed E-state index contributed by atoms with van der Waals surface area (Å²) >= 11 is 0. The van der Waals surface area contributed by atoms with Gasteiger partial charge >= 0.3 is 0 Å². The molecule has 1 saturated heterocycles. The standard InChI is InChI=1S/C21H18F2N6/c22-13-7-9-14(10-8-13)29-19(24)17-18(15-5-1-2-6-16(15)23)25-21(26-20(17)27-29)28-11-3-4-12-28/h1-2,5-10H,3-4,11-12,24H2. The third kappa shape index (κ3) is 2.97. The molecule has 0 radical (unpaired) electrons. The van der Waals surface area contributed by atoms with Crippen LogP contribution in [0.2, 0.25) is 0 Å². The van der Waals surface area contributed by atoms with Crippen LogP contribution in [-0.4, -0.2) is 32.8 Å². The van der Waals surface area contributed by atoms with Crippen molar-refractivity contribution >= 4 is 22.8 Å². The van der Waals surface area contributed by atoms with Crippen LogP contribution in [0, 0.1) is 11.6 Å². The number of anilines is 2. The highest BCUT2D eigenvalue weighted by Crippen LogP contribution is 2.35. The Balaban J connectivity index is 1.78. The topological polar surface area (TPSA) is 72.9 Å². The zero-order valence-electron chi connectivity index (χ0n) is 15.5. The van der Waals surface area contributed by atoms with Gasteiger partial charge in [-0.1, -0.05) is 12.1 Å². The number of nitrogens with two attached hydrogens (primary N) is 1. The maximum Gasteiger partial charge on any atom is 0.228 e. The minimum absolute atomic E-state index is 0.276. The second-order valence-electron chi connectivity index (χ2n) is 7.02. The molecule has 0 unspecified atom stereocenters. The van der Waals surface area contributed by atoms with Gasteiger partial charge in [-0.25, -0.2) is 18.4 Å². The van der Waals surface area contributed by atoms with E-state index in [-0.39, 0.29) is 11.6 Å². The lowest BCUT2D eigenvalue weighted by Crippen LogP contribution is -2.20. The molecule has 6 nitrogen and oxygen atoms in total. The number of rotatable bonds is 3. The highest BCUT2D eigenvalue weighted by molar-refractivity contribution is 5.99. The Morgan fingerprint density at radius 2 is 1.62 bits per heavy atom. The molecule has 1 aliphatic heterocycles. The van der Waals surface area contributed by atoms with Crippen LogP contribution in [0.15, 0.2) is 48.5 Å². The minimum Gasteiger partial charge on any atom is -0.383 e. The number of halogens is 2. The Morgan fingerprint density at radius 1 is 0.897 bits per heavy atom. The van der Waals surface area contributed by atoms with E-state index >= 15 is 0 Å². The molecule has 3 heterocycles. The predicted molar refractivity (Wildman–Crippen MR) is 108 cm³/mol. The van der Waals surface area contributed by atoms with Crippen LogP contribution >= 0.6 is 0 Å². The zero-order valence-corrected chi connectivity index (χ0v) is 15.5. The number of nitrogen functional groups attached to an aromatic ring is 1. The van der Waals surface area contributed by atoms with Crippen molar-refractivity contribution in [1.82, 2.24) is 19.7 Å². The summed E-state index contributed by atoms with van der Waals surface area (Å²) in [7, 11) is 0. The van der Waals surface area contributed by atoms with Gasteiger partial charge in [0.2, 0.25) is 5.95 Å². The average Bonchev–Trinajstić information content (AvgIpc) is 3.37. The lowest BCUT2D eigenvalue weighted by molar-refractivity contribution is 0.627. The summed E-state index contributed by atoms with van der Waals surface area (Å²) in [6.07, 6.45) is 2.12. The summed E-state index contributed by atoms with van der Waals surface area (Å²) in [4.78, 5) is 11.3. The van der Waals surface area contributed by atoms with Gasteiger partial charge in [-0.05, 0) is 49.2 Å². The number of nitrogens with zero attached hydrogens (tertiary/aromatic N) is 5. The summed E-state index contributed by atoms with van der Waals surface area (Å²) in [6.45, 7) is 1.69. The first-order valence-electron chi connectivity index (χ1n) is 9.44. The molecule has 8 heteroatoms. The number of hydrogen-bond donors (Lipinski definition) is 1. The average molecular weight is 392 g/mol. The molecule has 29 heavy (non-hydrogen) atoms. The van der Waals surface area contributed by atoms with E-state index in [1.165, 1.54) is 22.9 Å². The molecule has 146 valence electrons. The fourth-order valence-corrected chi connectivity index (χ4v) is 3.69. The summed E-state index contributed by atoms with van der Waals surface area (Å²) in [5.41, 5.74) is 8.10. The molecule has 2 N–H and O–H groups in total. The van der Waals surface area contributed by atoms with Crippen LogP contribution in [-0.2, 0) is 0 Å². The van der Waals surface area contributed by atoms with Crippen molar-refractivity contribution in [2.75, 3.05) is 23.7 Å². The molecule has 2 aromatic heterocycles. The Kier molecular flexibility index (Phi) is 4.12. The lowest BCUT2D eigenvalue weighted by Gasteiger charge is -2.16. The van der Waals surface area contributed by atoms with Gasteiger partial charge in [-0.2, -0.15) is 4.98 Å². The fourth-order valence-electron chi connectivity index (χ4n) is 3.69. The molecule has 0 bridgehead atoms. The van der Waals surface area contributed by atoms with Gasteiger partial charge in [0.25, 0.3) is 0 Å². The van der Waals surface area contributed by atoms with Gasteiger partial charge in [-0.15, -0.1) is 5.10 Å². The van der Waals surface area contributed by atoms with E-state index in [1.807, 2.05) is 0 Å². The SMILES string of the molecule is Nc1c2c(-c3ccccc3F)nc(N3CCCC3)nc2nn1-c1ccc(F)cc1. The van der Waals surface area contributed by atoms with Crippen molar-refractivity contribution in [3.05, 3.63) is 60.2 Å². The molecule has 5 rings (SSSR count). The monoisotopic (exact) mass is 392 g/mol. The normalized spacial score (nSPS) is 14.1. The first kappa shape index (κ1) is 17.5. The molecule has 0 amide bonds.